The zero-order valence-electron chi connectivity index (χ0n) is 31.6. The van der Waals surface area contributed by atoms with Crippen molar-refractivity contribution < 1.29 is 38.1 Å². The Hall–Kier alpha value is -5.30. The first-order chi connectivity index (χ1) is 24.6. The molecule has 3 amide bonds. The smallest absolute Gasteiger partial charge is 0.407 e. The van der Waals surface area contributed by atoms with Crippen molar-refractivity contribution in [3.8, 4) is 17.2 Å². The maximum atomic E-state index is 13.9. The number of nitrogens with zero attached hydrogens (tertiary/aromatic N) is 2. The van der Waals surface area contributed by atoms with Crippen molar-refractivity contribution in [3.05, 3.63) is 76.9 Å². The minimum absolute atomic E-state index is 0.0182. The predicted octanol–water partition coefficient (Wildman–Crippen LogP) is 5.92. The van der Waals surface area contributed by atoms with E-state index in [1.54, 1.807) is 71.2 Å². The summed E-state index contributed by atoms with van der Waals surface area (Å²) in [6.07, 6.45) is 2.67. The summed E-state index contributed by atoms with van der Waals surface area (Å²) < 4.78 is 22.9. The van der Waals surface area contributed by atoms with E-state index in [4.69, 9.17) is 24.7 Å². The third-order valence-corrected chi connectivity index (χ3v) is 7.69. The van der Waals surface area contributed by atoms with E-state index < -0.39 is 23.4 Å². The molecular formula is C39H53N5O8. The quantitative estimate of drug-likeness (QED) is 0.0623. The normalized spacial score (nSPS) is 11.1. The number of rotatable bonds is 18. The van der Waals surface area contributed by atoms with Crippen LogP contribution in [0.2, 0.25) is 0 Å². The number of anilines is 2. The lowest BCUT2D eigenvalue weighted by atomic mass is 9.98. The fourth-order valence-electron chi connectivity index (χ4n) is 5.22. The molecule has 4 N–H and O–H groups in total. The fraction of sp³-hybridized carbons (Fsp3) is 0.436. The van der Waals surface area contributed by atoms with Crippen molar-refractivity contribution in [3.63, 3.8) is 0 Å². The average molecular weight is 720 g/mol. The molecule has 0 aliphatic rings. The summed E-state index contributed by atoms with van der Waals surface area (Å²) in [7, 11) is 6.56. The Morgan fingerprint density at radius 3 is 2.17 bits per heavy atom. The number of ether oxygens (including phenoxy) is 4. The molecule has 282 valence electrons. The number of amides is 3. The molecule has 3 aromatic carbocycles. The van der Waals surface area contributed by atoms with Gasteiger partial charge < -0.3 is 34.9 Å². The zero-order chi connectivity index (χ0) is 38.4. The Morgan fingerprint density at radius 1 is 0.808 bits per heavy atom. The number of unbranched alkanes of at least 4 members (excludes halogenated alkanes) is 2. The van der Waals surface area contributed by atoms with Crippen molar-refractivity contribution in [2.24, 2.45) is 0 Å². The van der Waals surface area contributed by atoms with Gasteiger partial charge in [-0.15, -0.1) is 0 Å². The first kappa shape index (κ1) is 41.1. The van der Waals surface area contributed by atoms with E-state index in [-0.39, 0.29) is 40.6 Å². The lowest BCUT2D eigenvalue weighted by Crippen LogP contribution is -2.35. The van der Waals surface area contributed by atoms with E-state index in [9.17, 15) is 19.2 Å². The van der Waals surface area contributed by atoms with Crippen LogP contribution in [0.4, 0.5) is 16.2 Å². The highest BCUT2D eigenvalue weighted by atomic mass is 16.6. The van der Waals surface area contributed by atoms with Gasteiger partial charge in [0.1, 0.15) is 17.1 Å². The summed E-state index contributed by atoms with van der Waals surface area (Å²) in [5, 5.41) is 4.30. The number of carbonyl (C=O) groups is 4. The topological polar surface area (TPSA) is 162 Å². The first-order valence-electron chi connectivity index (χ1n) is 17.3. The minimum atomic E-state index is -0.597. The number of alkyl carbamates (subject to hydrolysis) is 1. The predicted molar refractivity (Wildman–Crippen MR) is 201 cm³/mol. The molecule has 3 rings (SSSR count). The molecule has 0 fully saturated rings. The van der Waals surface area contributed by atoms with Crippen LogP contribution in [-0.4, -0.2) is 82.3 Å². The maximum absolute atomic E-state index is 13.9. The van der Waals surface area contributed by atoms with Crippen molar-refractivity contribution in [2.75, 3.05) is 58.6 Å². The van der Waals surface area contributed by atoms with Gasteiger partial charge in [-0.3, -0.25) is 19.8 Å². The molecule has 3 aromatic rings. The Bertz CT molecular complexity index is 1700. The second kappa shape index (κ2) is 19.3. The highest BCUT2D eigenvalue weighted by Gasteiger charge is 2.26. The number of nitrogens with two attached hydrogens (primary N) is 1. The number of carbonyl (C=O) groups excluding carboxylic acids is 4. The number of hydrazine groups is 1. The molecule has 0 bridgehead atoms. The highest BCUT2D eigenvalue weighted by Crippen LogP contribution is 2.36. The molecule has 0 saturated heterocycles. The minimum Gasteiger partial charge on any atom is -0.494 e. The molecule has 13 heteroatoms. The summed E-state index contributed by atoms with van der Waals surface area (Å²) >= 11 is 0. The van der Waals surface area contributed by atoms with E-state index in [2.05, 4.69) is 10.7 Å². The first-order valence-corrected chi connectivity index (χ1v) is 17.3. The summed E-state index contributed by atoms with van der Waals surface area (Å²) in [4.78, 5) is 52.9. The summed E-state index contributed by atoms with van der Waals surface area (Å²) in [6, 6.07) is 15.4. The van der Waals surface area contributed by atoms with Crippen LogP contribution in [0, 0.1) is 6.92 Å². The van der Waals surface area contributed by atoms with Gasteiger partial charge in [0.25, 0.3) is 5.91 Å². The zero-order valence-corrected chi connectivity index (χ0v) is 31.6. The van der Waals surface area contributed by atoms with Gasteiger partial charge in [-0.2, -0.15) is 0 Å². The number of nitrogens with one attached hydrogen (secondary N) is 2. The second-order valence-electron chi connectivity index (χ2n) is 13.5. The molecule has 0 heterocycles. The van der Waals surface area contributed by atoms with Crippen molar-refractivity contribution in [2.45, 2.75) is 65.4 Å². The van der Waals surface area contributed by atoms with Crippen LogP contribution >= 0.6 is 0 Å². The Labute approximate surface area is 306 Å². The van der Waals surface area contributed by atoms with Crippen molar-refractivity contribution in [1.82, 2.24) is 15.8 Å². The van der Waals surface area contributed by atoms with Gasteiger partial charge in [0, 0.05) is 34.1 Å². The van der Waals surface area contributed by atoms with Gasteiger partial charge in [0.15, 0.2) is 5.75 Å². The van der Waals surface area contributed by atoms with Crippen LogP contribution in [0.15, 0.2) is 54.6 Å². The fourth-order valence-corrected chi connectivity index (χ4v) is 5.22. The molecule has 0 aliphatic heterocycles. The van der Waals surface area contributed by atoms with E-state index in [1.807, 2.05) is 25.1 Å². The molecule has 0 aliphatic carbocycles. The molecular weight excluding hydrogens is 666 g/mol. The van der Waals surface area contributed by atoms with Crippen LogP contribution in [0.25, 0.3) is 0 Å². The summed E-state index contributed by atoms with van der Waals surface area (Å²) in [6.45, 7) is 8.28. The van der Waals surface area contributed by atoms with Crippen LogP contribution < -0.4 is 35.6 Å². The van der Waals surface area contributed by atoms with E-state index in [0.717, 1.165) is 24.8 Å². The van der Waals surface area contributed by atoms with Crippen LogP contribution in [-0.2, 0) is 9.53 Å². The third-order valence-electron chi connectivity index (χ3n) is 7.69. The van der Waals surface area contributed by atoms with Gasteiger partial charge in [-0.1, -0.05) is 18.2 Å². The second-order valence-corrected chi connectivity index (χ2v) is 13.5. The molecule has 13 nitrogen and oxygen atoms in total. The van der Waals surface area contributed by atoms with Gasteiger partial charge in [0.05, 0.1) is 48.4 Å². The molecule has 0 aromatic heterocycles. The molecule has 52 heavy (non-hydrogen) atoms. The third kappa shape index (κ3) is 12.2. The Kier molecular flexibility index (Phi) is 15.3. The number of nitrogen functional groups attached to an aromatic ring is 1. The number of para-hydroxylation sites is 1. The number of ketones is 1. The van der Waals surface area contributed by atoms with Crippen LogP contribution in [0.3, 0.4) is 0 Å². The molecule has 0 atom stereocenters. The molecule has 0 saturated carbocycles. The largest absolute Gasteiger partial charge is 0.494 e. The van der Waals surface area contributed by atoms with Crippen molar-refractivity contribution in [1.29, 1.82) is 0 Å². The van der Waals surface area contributed by atoms with Crippen LogP contribution in [0.5, 0.6) is 17.2 Å². The molecule has 0 unspecified atom stereocenters. The van der Waals surface area contributed by atoms with Gasteiger partial charge >= 0.3 is 6.09 Å². The molecule has 0 spiro atoms. The van der Waals surface area contributed by atoms with Crippen molar-refractivity contribution >= 4 is 35.1 Å². The number of hydrogen-bond donors (Lipinski definition) is 3. The Balaban J connectivity index is 1.70. The summed E-state index contributed by atoms with van der Waals surface area (Å²) in [5.74, 6) is 0.116. The van der Waals surface area contributed by atoms with Gasteiger partial charge in [0.2, 0.25) is 11.7 Å². The lowest BCUT2D eigenvalue weighted by Gasteiger charge is -2.23. The molecule has 0 radical (unpaired) electrons. The van der Waals surface area contributed by atoms with E-state index in [0.29, 0.717) is 43.2 Å². The van der Waals surface area contributed by atoms with Gasteiger partial charge in [-0.25, -0.2) is 9.80 Å². The number of methoxy groups -OCH3 is 1. The SMILES string of the molecule is COc1c(C(=O)c2ccccc2OCCCNC(=O)OC(C)(C)C)ccc(C(=O)N(C)c2ccc(C)cc2OCCCCCC(=O)NN(C)C)c1N. The van der Waals surface area contributed by atoms with E-state index in [1.165, 1.54) is 24.1 Å². The highest BCUT2D eigenvalue weighted by molar-refractivity contribution is 6.16. The van der Waals surface area contributed by atoms with Crippen LogP contribution in [0.1, 0.15) is 84.7 Å². The maximum Gasteiger partial charge on any atom is 0.407 e. The standard InChI is InChI=1S/C39H53N5O8/c1-26-18-21-30(32(25-26)51-23-13-9-10-17-33(45)42-43(5)6)44(7)37(47)28-19-20-29(36(49-8)34(28)40)35(46)27-15-11-12-16-31(27)50-24-14-22-41-38(48)52-39(2,3)4/h11-12,15-16,18-21,25H,9-10,13-14,17,22-24,40H2,1-8H3,(H,41,48)(H,42,45). The summed E-state index contributed by atoms with van der Waals surface area (Å²) in [5.41, 5.74) is 10.8. The van der Waals surface area contributed by atoms with Gasteiger partial charge in [-0.05, 0) is 95.3 Å². The average Bonchev–Trinajstić information content (AvgIpc) is 3.07. The number of hydrogen-bond acceptors (Lipinski definition) is 10. The lowest BCUT2D eigenvalue weighted by molar-refractivity contribution is -0.124. The monoisotopic (exact) mass is 719 g/mol. The Morgan fingerprint density at radius 2 is 1.48 bits per heavy atom. The number of benzene rings is 3. The number of aryl methyl sites for hydroxylation is 1. The van der Waals surface area contributed by atoms with E-state index >= 15 is 0 Å².